The van der Waals surface area contributed by atoms with E-state index in [9.17, 15) is 69.0 Å². The summed E-state index contributed by atoms with van der Waals surface area (Å²) in [6.07, 6.45) is -8.85. The van der Waals surface area contributed by atoms with E-state index in [0.29, 0.717) is 0 Å². The molecule has 0 bridgehead atoms. The Labute approximate surface area is 373 Å². The molecule has 0 fully saturated rings. The number of amides is 4. The molecule has 0 radical (unpaired) electrons. The maximum absolute atomic E-state index is 12.5. The summed E-state index contributed by atoms with van der Waals surface area (Å²) in [7, 11) is 3.12. The fraction of sp³-hybridized carbons (Fsp3) is 0.706. The number of carbonyl (C=O) groups excluding carboxylic acids is 8. The molecule has 0 aliphatic heterocycles. The van der Waals surface area contributed by atoms with E-state index in [0.717, 1.165) is 0 Å². The number of carbonyl (C=O) groups is 8. The highest BCUT2D eigenvalue weighted by Gasteiger charge is 2.34. The number of rotatable bonds is 28. The second kappa shape index (κ2) is 37.3. The molecule has 0 aromatic heterocycles. The Morgan fingerprint density at radius 2 is 0.781 bits per heavy atom. The number of thioether (sulfide) groups is 2. The highest BCUT2D eigenvalue weighted by molar-refractivity contribution is 7.98. The van der Waals surface area contributed by atoms with Crippen molar-refractivity contribution >= 4 is 83.3 Å². The van der Waals surface area contributed by atoms with Crippen LogP contribution in [-0.2, 0) is 57.5 Å². The fourth-order valence-electron chi connectivity index (χ4n) is 4.57. The van der Waals surface area contributed by atoms with Crippen molar-refractivity contribution in [1.29, 1.82) is 0 Å². The molecule has 28 nitrogen and oxygen atoms in total. The number of hydrogen-bond donors (Lipinski definition) is 16. The second-order valence-electron chi connectivity index (χ2n) is 12.9. The highest BCUT2D eigenvalue weighted by atomic mass is 32.2. The molecule has 368 valence electrons. The number of carboxylic acid groups (broad SMARTS) is 4. The summed E-state index contributed by atoms with van der Waals surface area (Å²) in [6.45, 7) is 2.14. The molecule has 0 heterocycles. The third kappa shape index (κ3) is 28.6. The predicted octanol–water partition coefficient (Wildman–Crippen LogP) is -7.53. The molecule has 0 aliphatic carbocycles. The van der Waals surface area contributed by atoms with Crippen LogP contribution in [0.15, 0.2) is 0 Å². The summed E-state index contributed by atoms with van der Waals surface area (Å²) in [6, 6.07) is -3.23. The number of aliphatic hydroxyl groups is 6. The lowest BCUT2D eigenvalue weighted by molar-refractivity contribution is -0.193. The zero-order valence-corrected chi connectivity index (χ0v) is 37.0. The first-order chi connectivity index (χ1) is 29.7. The van der Waals surface area contributed by atoms with E-state index < -0.39 is 133 Å². The third-order valence-corrected chi connectivity index (χ3v) is 9.79. The first kappa shape index (κ1) is 65.5. The number of hydrogen-bond acceptors (Lipinski definition) is 22. The van der Waals surface area contributed by atoms with Gasteiger partial charge in [0.05, 0.1) is 11.8 Å². The van der Waals surface area contributed by atoms with Gasteiger partial charge in [0.1, 0.15) is 36.5 Å². The van der Waals surface area contributed by atoms with Gasteiger partial charge in [0, 0.05) is 49.5 Å². The average molecular weight is 967 g/mol. The van der Waals surface area contributed by atoms with E-state index in [1.807, 2.05) is 0 Å². The molecule has 0 spiro atoms. The van der Waals surface area contributed by atoms with E-state index in [2.05, 4.69) is 31.9 Å². The van der Waals surface area contributed by atoms with Crippen molar-refractivity contribution in [2.75, 3.05) is 51.2 Å². The van der Waals surface area contributed by atoms with Gasteiger partial charge in [-0.25, -0.2) is 19.2 Å². The zero-order chi connectivity index (χ0) is 50.9. The lowest BCUT2D eigenvalue weighted by atomic mass is 9.95. The Kier molecular flexibility index (Phi) is 38.2. The molecule has 0 aliphatic rings. The van der Waals surface area contributed by atoms with Crippen LogP contribution in [0.3, 0.4) is 0 Å². The molecular formula is C34H58N6O22S2. The van der Waals surface area contributed by atoms with Crippen molar-refractivity contribution in [1.82, 2.24) is 31.9 Å². The summed E-state index contributed by atoms with van der Waals surface area (Å²) >= 11 is 2.47. The summed E-state index contributed by atoms with van der Waals surface area (Å²) in [5, 5.41) is 107. The maximum Gasteiger partial charge on any atom is 0.373 e. The van der Waals surface area contributed by atoms with Crippen LogP contribution in [0.4, 0.5) is 0 Å². The Morgan fingerprint density at radius 3 is 0.984 bits per heavy atom. The Morgan fingerprint density at radius 1 is 0.516 bits per heavy atom. The molecule has 0 saturated carbocycles. The highest BCUT2D eigenvalue weighted by Crippen LogP contribution is 2.13. The minimum absolute atomic E-state index is 0.143. The Bertz CT molecular complexity index is 1430. The van der Waals surface area contributed by atoms with E-state index in [-0.39, 0.29) is 36.7 Å². The van der Waals surface area contributed by atoms with Crippen molar-refractivity contribution < 1.29 is 109 Å². The largest absolute Gasteiger partial charge is 0.480 e. The van der Waals surface area contributed by atoms with E-state index >= 15 is 0 Å². The van der Waals surface area contributed by atoms with Crippen LogP contribution in [0.2, 0.25) is 0 Å². The summed E-state index contributed by atoms with van der Waals surface area (Å²) in [5.41, 5.74) is 0. The summed E-state index contributed by atoms with van der Waals surface area (Å²) in [4.78, 5) is 125. The van der Waals surface area contributed by atoms with Gasteiger partial charge in [-0.3, -0.25) is 19.2 Å². The van der Waals surface area contributed by atoms with Crippen LogP contribution in [0.1, 0.15) is 26.7 Å². The predicted molar refractivity (Wildman–Crippen MR) is 217 cm³/mol. The third-order valence-electron chi connectivity index (χ3n) is 8.46. The SMILES string of the molecule is CN[C@@H](C)[C@@H](CC(=O)NC[C@H](O)[C@@H](O)[C@@H](O)C(=O)O)C(=O)N[C@@H](CSC)C(=O)O.CN[C@@H](C)[C@@H](CC(=O)NC[C@H](O)[C@@H](O)[C@H](O)C(=O)O)C(=O)N[C@@H](CSC)C(=O)O.O=C=O.O=C=O. The molecule has 64 heavy (non-hydrogen) atoms. The monoisotopic (exact) mass is 966 g/mol. The quantitative estimate of drug-likeness (QED) is 0.0346. The number of aliphatic hydroxyl groups excluding tert-OH is 6. The Balaban J connectivity index is -0.000000500. The van der Waals surface area contributed by atoms with Gasteiger partial charge in [-0.05, 0) is 40.5 Å². The van der Waals surface area contributed by atoms with Crippen molar-refractivity contribution in [3.05, 3.63) is 0 Å². The van der Waals surface area contributed by atoms with Crippen molar-refractivity contribution in [2.45, 2.75) is 87.5 Å². The second-order valence-corrected chi connectivity index (χ2v) is 14.8. The van der Waals surface area contributed by atoms with E-state index in [1.54, 1.807) is 40.5 Å². The number of aliphatic carboxylic acids is 4. The van der Waals surface area contributed by atoms with Crippen LogP contribution in [0, 0.1) is 11.8 Å². The zero-order valence-electron chi connectivity index (χ0n) is 35.4. The molecule has 0 saturated heterocycles. The van der Waals surface area contributed by atoms with Crippen molar-refractivity contribution in [3.8, 4) is 0 Å². The van der Waals surface area contributed by atoms with Gasteiger partial charge in [0.25, 0.3) is 0 Å². The lowest BCUT2D eigenvalue weighted by Crippen LogP contribution is -2.51. The molecule has 12 atom stereocenters. The maximum atomic E-state index is 12.5. The van der Waals surface area contributed by atoms with Crippen LogP contribution < -0.4 is 31.9 Å². The molecule has 0 aromatic rings. The number of carboxylic acids is 4. The van der Waals surface area contributed by atoms with Crippen molar-refractivity contribution in [2.24, 2.45) is 11.8 Å². The molecule has 0 rings (SSSR count). The summed E-state index contributed by atoms with van der Waals surface area (Å²) < 4.78 is 0. The van der Waals surface area contributed by atoms with Gasteiger partial charge in [0.2, 0.25) is 23.6 Å². The van der Waals surface area contributed by atoms with Gasteiger partial charge in [0.15, 0.2) is 12.2 Å². The topological polar surface area (TPSA) is 479 Å². The minimum Gasteiger partial charge on any atom is -0.480 e. The summed E-state index contributed by atoms with van der Waals surface area (Å²) in [5.74, 6) is -10.2. The van der Waals surface area contributed by atoms with Gasteiger partial charge < -0.3 is 83.0 Å². The van der Waals surface area contributed by atoms with Crippen LogP contribution in [-0.4, -0.2) is 223 Å². The van der Waals surface area contributed by atoms with E-state index in [4.69, 9.17) is 39.6 Å². The Hall–Kier alpha value is -5.10. The lowest BCUT2D eigenvalue weighted by Gasteiger charge is -2.25. The molecule has 30 heteroatoms. The van der Waals surface area contributed by atoms with Gasteiger partial charge in [-0.1, -0.05) is 0 Å². The first-order valence-electron chi connectivity index (χ1n) is 18.2. The smallest absolute Gasteiger partial charge is 0.373 e. The van der Waals surface area contributed by atoms with Crippen LogP contribution in [0.25, 0.3) is 0 Å². The molecule has 4 amide bonds. The van der Waals surface area contributed by atoms with Gasteiger partial charge in [-0.2, -0.15) is 42.7 Å². The van der Waals surface area contributed by atoms with Crippen LogP contribution >= 0.6 is 23.5 Å². The van der Waals surface area contributed by atoms with E-state index in [1.165, 1.54) is 23.5 Å². The average Bonchev–Trinajstić information content (AvgIpc) is 3.23. The molecule has 0 unspecified atom stereocenters. The molecule has 16 N–H and O–H groups in total. The first-order valence-corrected chi connectivity index (χ1v) is 21.0. The van der Waals surface area contributed by atoms with Gasteiger partial charge >= 0.3 is 36.2 Å². The number of nitrogens with one attached hydrogen (secondary N) is 6. The fourth-order valence-corrected chi connectivity index (χ4v) is 5.69. The molecular weight excluding hydrogens is 909 g/mol. The normalized spacial score (nSPS) is 15.9. The molecule has 0 aromatic carbocycles. The van der Waals surface area contributed by atoms with Gasteiger partial charge in [-0.15, -0.1) is 0 Å². The van der Waals surface area contributed by atoms with Crippen molar-refractivity contribution in [3.63, 3.8) is 0 Å². The standard InChI is InChI=1S/2C16H29N3O9S.2CO2/c2*1-7(17-2)8(14(24)19-9(6-29-3)15(25)26)4-11(21)18-5-10(20)12(22)13(23)16(27)28;2*2-1-3/h2*7-10,12-13,17,20,22-23H,4-6H2,1-3H3,(H,18,21)(H,19,24)(H,25,26)(H,27,28);;/t7-,8+,9-,10-,12+,13+;7-,8+,9-,10-,12+,13-;;/m00../s1. The van der Waals surface area contributed by atoms with Crippen LogP contribution in [0.5, 0.6) is 0 Å². The minimum atomic E-state index is -2.23.